The van der Waals surface area contributed by atoms with Crippen molar-refractivity contribution >= 4 is 23.0 Å². The lowest BCUT2D eigenvalue weighted by Gasteiger charge is -2.27. The minimum Gasteiger partial charge on any atom is -0.494 e. The van der Waals surface area contributed by atoms with Crippen LogP contribution < -0.4 is 15.1 Å². The van der Waals surface area contributed by atoms with E-state index in [2.05, 4.69) is 28.3 Å². The first kappa shape index (κ1) is 22.0. The van der Waals surface area contributed by atoms with E-state index in [-0.39, 0.29) is 12.5 Å². The number of rotatable bonds is 8. The fourth-order valence-electron chi connectivity index (χ4n) is 3.58. The van der Waals surface area contributed by atoms with Gasteiger partial charge in [0, 0.05) is 31.1 Å². The van der Waals surface area contributed by atoms with Crippen molar-refractivity contribution in [3.63, 3.8) is 0 Å². The van der Waals surface area contributed by atoms with E-state index in [1.54, 1.807) is 5.48 Å². The molecule has 32 heavy (non-hydrogen) atoms. The summed E-state index contributed by atoms with van der Waals surface area (Å²) in [5.41, 5.74) is 4.90. The van der Waals surface area contributed by atoms with Gasteiger partial charge in [0.25, 0.3) is 0 Å². The SMILES string of the molecule is CC(C)n1cnc2c(-c3ccc(OCCCC(=O)NO)cc3)nc(N3CCOCC3)nc21. The Labute approximate surface area is 186 Å². The first-order valence-electron chi connectivity index (χ1n) is 10.8. The fourth-order valence-corrected chi connectivity index (χ4v) is 3.58. The molecule has 2 N–H and O–H groups in total. The number of hydrogen-bond acceptors (Lipinski definition) is 8. The van der Waals surface area contributed by atoms with Crippen LogP contribution in [-0.2, 0) is 9.53 Å². The van der Waals surface area contributed by atoms with Crippen LogP contribution in [0.1, 0.15) is 32.7 Å². The van der Waals surface area contributed by atoms with Crippen molar-refractivity contribution < 1.29 is 19.5 Å². The monoisotopic (exact) mass is 440 g/mol. The number of amides is 1. The lowest BCUT2D eigenvalue weighted by atomic mass is 10.1. The molecule has 10 heteroatoms. The zero-order chi connectivity index (χ0) is 22.5. The molecule has 3 heterocycles. The van der Waals surface area contributed by atoms with Crippen molar-refractivity contribution in [2.24, 2.45) is 0 Å². The van der Waals surface area contributed by atoms with Crippen molar-refractivity contribution in [2.45, 2.75) is 32.7 Å². The molecule has 1 aliphatic rings. The van der Waals surface area contributed by atoms with Gasteiger partial charge in [0.05, 0.1) is 26.1 Å². The van der Waals surface area contributed by atoms with E-state index in [4.69, 9.17) is 24.6 Å². The molecule has 1 fully saturated rings. The van der Waals surface area contributed by atoms with Gasteiger partial charge >= 0.3 is 0 Å². The third-order valence-corrected chi connectivity index (χ3v) is 5.33. The van der Waals surface area contributed by atoms with Crippen molar-refractivity contribution in [1.29, 1.82) is 0 Å². The van der Waals surface area contributed by atoms with Gasteiger partial charge in [-0.15, -0.1) is 0 Å². The Morgan fingerprint density at radius 2 is 1.97 bits per heavy atom. The predicted molar refractivity (Wildman–Crippen MR) is 119 cm³/mol. The van der Waals surface area contributed by atoms with Crippen LogP contribution in [0.25, 0.3) is 22.4 Å². The standard InChI is InChI=1S/C22H28N6O4/c1-15(2)28-14-23-20-19(24-22(25-21(20)28)27-9-12-31-13-10-27)16-5-7-17(8-6-16)32-11-3-4-18(29)26-30/h5-8,14-15,30H,3-4,9-13H2,1-2H3,(H,26,29). The molecule has 2 aromatic heterocycles. The normalized spacial score (nSPS) is 14.2. The molecule has 1 aromatic carbocycles. The van der Waals surface area contributed by atoms with Gasteiger partial charge in [-0.05, 0) is 44.5 Å². The van der Waals surface area contributed by atoms with Gasteiger partial charge in [0.1, 0.15) is 17.0 Å². The summed E-state index contributed by atoms with van der Waals surface area (Å²) >= 11 is 0. The molecule has 1 aliphatic heterocycles. The summed E-state index contributed by atoms with van der Waals surface area (Å²) in [6.07, 6.45) is 2.53. The number of carbonyl (C=O) groups excluding carboxylic acids is 1. The van der Waals surface area contributed by atoms with Crippen molar-refractivity contribution in [1.82, 2.24) is 25.0 Å². The minimum atomic E-state index is -0.423. The van der Waals surface area contributed by atoms with Crippen molar-refractivity contribution in [2.75, 3.05) is 37.8 Å². The van der Waals surface area contributed by atoms with Crippen molar-refractivity contribution in [3.8, 4) is 17.0 Å². The molecule has 0 saturated carbocycles. The van der Waals surface area contributed by atoms with E-state index < -0.39 is 5.91 Å². The zero-order valence-corrected chi connectivity index (χ0v) is 18.3. The second kappa shape index (κ2) is 9.92. The summed E-state index contributed by atoms with van der Waals surface area (Å²) in [6.45, 7) is 7.41. The molecule has 4 rings (SSSR count). The van der Waals surface area contributed by atoms with Crippen LogP contribution in [0, 0.1) is 0 Å². The number of fused-ring (bicyclic) bond motifs is 1. The number of imidazole rings is 1. The lowest BCUT2D eigenvalue weighted by molar-refractivity contribution is -0.129. The Kier molecular flexibility index (Phi) is 6.81. The zero-order valence-electron chi connectivity index (χ0n) is 18.3. The summed E-state index contributed by atoms with van der Waals surface area (Å²) in [7, 11) is 0. The Morgan fingerprint density at radius 3 is 2.66 bits per heavy atom. The number of nitrogens with one attached hydrogen (secondary N) is 1. The third-order valence-electron chi connectivity index (χ3n) is 5.33. The van der Waals surface area contributed by atoms with Gasteiger partial charge < -0.3 is 18.9 Å². The van der Waals surface area contributed by atoms with Gasteiger partial charge in [-0.1, -0.05) is 0 Å². The number of hydrogen-bond donors (Lipinski definition) is 2. The number of morpholine rings is 1. The Morgan fingerprint density at radius 1 is 1.22 bits per heavy atom. The maximum atomic E-state index is 11.1. The summed E-state index contributed by atoms with van der Waals surface area (Å²) in [5.74, 6) is 0.957. The molecular weight excluding hydrogens is 412 g/mol. The molecule has 1 saturated heterocycles. The molecule has 0 spiro atoms. The highest BCUT2D eigenvalue weighted by molar-refractivity contribution is 5.88. The van der Waals surface area contributed by atoms with Crippen LogP contribution in [-0.4, -0.2) is 63.5 Å². The molecule has 0 aliphatic carbocycles. The van der Waals surface area contributed by atoms with Gasteiger partial charge in [-0.2, -0.15) is 4.98 Å². The van der Waals surface area contributed by atoms with E-state index in [1.165, 1.54) is 0 Å². The van der Waals surface area contributed by atoms with Gasteiger partial charge in [0.2, 0.25) is 11.9 Å². The number of benzene rings is 1. The Bertz CT molecular complexity index is 1060. The largest absolute Gasteiger partial charge is 0.494 e. The Hall–Kier alpha value is -3.24. The first-order valence-corrected chi connectivity index (χ1v) is 10.8. The fraction of sp³-hybridized carbons (Fsp3) is 0.455. The number of anilines is 1. The van der Waals surface area contributed by atoms with Gasteiger partial charge in [-0.25, -0.2) is 15.4 Å². The van der Waals surface area contributed by atoms with Crippen LogP contribution >= 0.6 is 0 Å². The van der Waals surface area contributed by atoms with E-state index >= 15 is 0 Å². The summed E-state index contributed by atoms with van der Waals surface area (Å²) in [5, 5.41) is 8.53. The molecular formula is C22H28N6O4. The van der Waals surface area contributed by atoms with Gasteiger partial charge in [0.15, 0.2) is 5.65 Å². The second-order valence-electron chi connectivity index (χ2n) is 7.90. The van der Waals surface area contributed by atoms with Crippen LogP contribution in [0.5, 0.6) is 5.75 Å². The van der Waals surface area contributed by atoms with E-state index in [9.17, 15) is 4.79 Å². The average molecular weight is 441 g/mol. The van der Waals surface area contributed by atoms with Crippen LogP contribution in [0.3, 0.4) is 0 Å². The highest BCUT2D eigenvalue weighted by Gasteiger charge is 2.20. The number of aromatic nitrogens is 4. The maximum absolute atomic E-state index is 11.1. The minimum absolute atomic E-state index is 0.205. The Balaban J connectivity index is 1.60. The predicted octanol–water partition coefficient (Wildman–Crippen LogP) is 2.58. The van der Waals surface area contributed by atoms with Crippen LogP contribution in [0.4, 0.5) is 5.95 Å². The molecule has 3 aromatic rings. The van der Waals surface area contributed by atoms with Crippen LogP contribution in [0.15, 0.2) is 30.6 Å². The number of carbonyl (C=O) groups is 1. The van der Waals surface area contributed by atoms with E-state index in [0.29, 0.717) is 37.9 Å². The highest BCUT2D eigenvalue weighted by atomic mass is 16.5. The number of nitrogens with zero attached hydrogens (tertiary/aromatic N) is 5. The van der Waals surface area contributed by atoms with Crippen LogP contribution in [0.2, 0.25) is 0 Å². The summed E-state index contributed by atoms with van der Waals surface area (Å²) in [6, 6.07) is 7.89. The molecule has 0 atom stereocenters. The van der Waals surface area contributed by atoms with E-state index in [0.717, 1.165) is 35.5 Å². The molecule has 0 radical (unpaired) electrons. The molecule has 0 unspecified atom stereocenters. The first-order chi connectivity index (χ1) is 15.6. The smallest absolute Gasteiger partial charge is 0.243 e. The summed E-state index contributed by atoms with van der Waals surface area (Å²) in [4.78, 5) is 27.5. The lowest BCUT2D eigenvalue weighted by Crippen LogP contribution is -2.37. The molecule has 170 valence electrons. The third kappa shape index (κ3) is 4.81. The topological polar surface area (TPSA) is 115 Å². The quantitative estimate of drug-likeness (QED) is 0.312. The maximum Gasteiger partial charge on any atom is 0.243 e. The van der Waals surface area contributed by atoms with Gasteiger partial charge in [-0.3, -0.25) is 10.0 Å². The number of hydroxylamine groups is 1. The second-order valence-corrected chi connectivity index (χ2v) is 7.90. The molecule has 10 nitrogen and oxygen atoms in total. The molecule has 1 amide bonds. The average Bonchev–Trinajstić information content (AvgIpc) is 3.26. The molecule has 0 bridgehead atoms. The summed E-state index contributed by atoms with van der Waals surface area (Å²) < 4.78 is 13.2. The van der Waals surface area contributed by atoms with Crippen molar-refractivity contribution in [3.05, 3.63) is 30.6 Å². The van der Waals surface area contributed by atoms with E-state index in [1.807, 2.05) is 30.6 Å². The highest BCUT2D eigenvalue weighted by Crippen LogP contribution is 2.30. The number of ether oxygens (including phenoxy) is 2.